The predicted molar refractivity (Wildman–Crippen MR) is 80.8 cm³/mol. The number of hydrogen-bond acceptors (Lipinski definition) is 5. The number of hydrogen-bond donors (Lipinski definition) is 2. The molecular formula is C14H16N6. The molecule has 2 aromatic heterocycles. The van der Waals surface area contributed by atoms with Crippen LogP contribution in [-0.2, 0) is 0 Å². The Bertz CT molecular complexity index is 774. The molecule has 0 atom stereocenters. The van der Waals surface area contributed by atoms with Crippen LogP contribution in [0.3, 0.4) is 0 Å². The normalized spacial score (nSPS) is 12.2. The smallest absolute Gasteiger partial charge is 0.265 e. The molecule has 20 heavy (non-hydrogen) atoms. The van der Waals surface area contributed by atoms with Gasteiger partial charge in [-0.25, -0.2) is 5.43 Å². The fourth-order valence-corrected chi connectivity index (χ4v) is 2.13. The summed E-state index contributed by atoms with van der Waals surface area (Å²) in [5.74, 6) is 0.402. The van der Waals surface area contributed by atoms with E-state index in [4.69, 9.17) is 0 Å². The van der Waals surface area contributed by atoms with E-state index >= 15 is 0 Å². The number of anilines is 1. The minimum absolute atomic E-state index is 0.402. The van der Waals surface area contributed by atoms with Crippen molar-refractivity contribution in [3.05, 3.63) is 24.3 Å². The molecule has 2 N–H and O–H groups in total. The molecular weight excluding hydrogens is 252 g/mol. The molecule has 102 valence electrons. The van der Waals surface area contributed by atoms with Crippen molar-refractivity contribution < 1.29 is 0 Å². The van der Waals surface area contributed by atoms with Crippen LogP contribution in [0.1, 0.15) is 26.7 Å². The first-order chi connectivity index (χ1) is 9.78. The Balaban J connectivity index is 1.95. The number of fused-ring (bicyclic) bond motifs is 3. The lowest BCUT2D eigenvalue weighted by atomic mass is 10.2. The number of nitrogens with one attached hydrogen (secondary N) is 2. The van der Waals surface area contributed by atoms with E-state index in [-0.39, 0.29) is 0 Å². The zero-order valence-corrected chi connectivity index (χ0v) is 11.5. The monoisotopic (exact) mass is 268 g/mol. The van der Waals surface area contributed by atoms with Gasteiger partial charge in [0.2, 0.25) is 0 Å². The zero-order chi connectivity index (χ0) is 13.9. The van der Waals surface area contributed by atoms with E-state index in [1.165, 1.54) is 0 Å². The predicted octanol–water partition coefficient (Wildman–Crippen LogP) is 3.09. The van der Waals surface area contributed by atoms with Crippen LogP contribution in [0.15, 0.2) is 29.4 Å². The van der Waals surface area contributed by atoms with Crippen LogP contribution in [0.5, 0.6) is 0 Å². The third-order valence-corrected chi connectivity index (χ3v) is 3.08. The van der Waals surface area contributed by atoms with E-state index in [0.717, 1.165) is 35.0 Å². The second-order valence-corrected chi connectivity index (χ2v) is 4.71. The van der Waals surface area contributed by atoms with Crippen molar-refractivity contribution in [2.75, 3.05) is 5.43 Å². The Hall–Kier alpha value is -2.50. The van der Waals surface area contributed by atoms with Crippen molar-refractivity contribution in [2.45, 2.75) is 26.7 Å². The summed E-state index contributed by atoms with van der Waals surface area (Å²) < 4.78 is 0. The molecule has 0 spiro atoms. The summed E-state index contributed by atoms with van der Waals surface area (Å²) in [5.41, 5.74) is 6.37. The van der Waals surface area contributed by atoms with Crippen molar-refractivity contribution in [2.24, 2.45) is 5.10 Å². The number of nitrogens with zero attached hydrogens (tertiary/aromatic N) is 4. The fourth-order valence-electron chi connectivity index (χ4n) is 2.13. The summed E-state index contributed by atoms with van der Waals surface area (Å²) in [6.45, 7) is 4.10. The van der Waals surface area contributed by atoms with Gasteiger partial charge in [0.15, 0.2) is 5.65 Å². The lowest BCUT2D eigenvalue weighted by Gasteiger charge is -1.99. The van der Waals surface area contributed by atoms with E-state index in [1.54, 1.807) is 0 Å². The van der Waals surface area contributed by atoms with Crippen molar-refractivity contribution in [1.29, 1.82) is 0 Å². The van der Waals surface area contributed by atoms with Gasteiger partial charge in [0.25, 0.3) is 5.95 Å². The molecule has 3 aromatic rings. The van der Waals surface area contributed by atoms with Crippen LogP contribution in [0, 0.1) is 0 Å². The van der Waals surface area contributed by atoms with E-state index in [2.05, 4.69) is 37.6 Å². The highest BCUT2D eigenvalue weighted by molar-refractivity contribution is 6.03. The van der Waals surface area contributed by atoms with Gasteiger partial charge >= 0.3 is 0 Å². The van der Waals surface area contributed by atoms with Gasteiger partial charge in [0, 0.05) is 16.6 Å². The largest absolute Gasteiger partial charge is 0.338 e. The lowest BCUT2D eigenvalue weighted by molar-refractivity contribution is 0.970. The SMILES string of the molecule is CCC/C(C)=N/Nc1nnc2c(n1)[nH]c1ccccc12. The second kappa shape index (κ2) is 5.24. The van der Waals surface area contributed by atoms with Crippen LogP contribution < -0.4 is 5.43 Å². The molecule has 0 saturated heterocycles. The van der Waals surface area contributed by atoms with E-state index in [1.807, 2.05) is 31.2 Å². The van der Waals surface area contributed by atoms with E-state index < -0.39 is 0 Å². The number of hydrazone groups is 1. The molecule has 0 fully saturated rings. The highest BCUT2D eigenvalue weighted by Gasteiger charge is 2.07. The minimum Gasteiger partial charge on any atom is -0.338 e. The van der Waals surface area contributed by atoms with Crippen LogP contribution in [-0.4, -0.2) is 25.9 Å². The number of H-pyrrole nitrogens is 1. The van der Waals surface area contributed by atoms with Crippen molar-refractivity contribution in [3.8, 4) is 0 Å². The lowest BCUT2D eigenvalue weighted by Crippen LogP contribution is -2.02. The van der Waals surface area contributed by atoms with Gasteiger partial charge in [0.1, 0.15) is 5.52 Å². The maximum Gasteiger partial charge on any atom is 0.265 e. The maximum atomic E-state index is 4.40. The standard InChI is InChI=1S/C14H16N6/c1-3-6-9(2)17-19-14-16-13-12(18-20-14)10-7-4-5-8-11(10)15-13/h4-5,7-8H,3,6H2,1-2H3,(H2,15,16,19,20)/b17-9+. The molecule has 0 unspecified atom stereocenters. The maximum absolute atomic E-state index is 4.40. The molecule has 0 aliphatic carbocycles. The molecule has 1 aromatic carbocycles. The van der Waals surface area contributed by atoms with Crippen molar-refractivity contribution in [1.82, 2.24) is 20.2 Å². The van der Waals surface area contributed by atoms with Crippen LogP contribution in [0.4, 0.5) is 5.95 Å². The number of benzene rings is 1. The Morgan fingerprint density at radius 2 is 2.15 bits per heavy atom. The van der Waals surface area contributed by atoms with Gasteiger partial charge in [-0.3, -0.25) is 0 Å². The summed E-state index contributed by atoms with van der Waals surface area (Å²) in [7, 11) is 0. The second-order valence-electron chi connectivity index (χ2n) is 4.71. The number of aromatic nitrogens is 4. The van der Waals surface area contributed by atoms with Crippen LogP contribution in [0.25, 0.3) is 22.1 Å². The molecule has 6 nitrogen and oxygen atoms in total. The molecule has 0 aliphatic rings. The summed E-state index contributed by atoms with van der Waals surface area (Å²) in [5, 5.41) is 13.5. The van der Waals surface area contributed by atoms with Crippen molar-refractivity contribution in [3.63, 3.8) is 0 Å². The number of aromatic amines is 1. The Morgan fingerprint density at radius 1 is 1.30 bits per heavy atom. The third-order valence-electron chi connectivity index (χ3n) is 3.08. The van der Waals surface area contributed by atoms with Crippen LogP contribution >= 0.6 is 0 Å². The molecule has 0 radical (unpaired) electrons. The molecule has 0 amide bonds. The molecule has 0 bridgehead atoms. The molecule has 0 aliphatic heterocycles. The first-order valence-corrected chi connectivity index (χ1v) is 6.68. The Morgan fingerprint density at radius 3 is 3.00 bits per heavy atom. The quantitative estimate of drug-likeness (QED) is 0.563. The highest BCUT2D eigenvalue weighted by Crippen LogP contribution is 2.21. The first-order valence-electron chi connectivity index (χ1n) is 6.68. The number of para-hydroxylation sites is 1. The van der Waals surface area contributed by atoms with E-state index in [0.29, 0.717) is 11.6 Å². The van der Waals surface area contributed by atoms with Gasteiger partial charge < -0.3 is 4.98 Å². The van der Waals surface area contributed by atoms with Gasteiger partial charge in [-0.1, -0.05) is 31.5 Å². The van der Waals surface area contributed by atoms with Crippen molar-refractivity contribution >= 4 is 33.7 Å². The Labute approximate surface area is 116 Å². The molecule has 0 saturated carbocycles. The average Bonchev–Trinajstić information content (AvgIpc) is 2.83. The summed E-state index contributed by atoms with van der Waals surface area (Å²) in [6.07, 6.45) is 2.02. The molecule has 6 heteroatoms. The minimum atomic E-state index is 0.402. The third kappa shape index (κ3) is 2.32. The van der Waals surface area contributed by atoms with Gasteiger partial charge in [-0.15, -0.1) is 10.2 Å². The van der Waals surface area contributed by atoms with Crippen LogP contribution in [0.2, 0.25) is 0 Å². The zero-order valence-electron chi connectivity index (χ0n) is 11.5. The van der Waals surface area contributed by atoms with E-state index in [9.17, 15) is 0 Å². The summed E-state index contributed by atoms with van der Waals surface area (Å²) in [6, 6.07) is 7.95. The molecule has 3 rings (SSSR count). The number of rotatable bonds is 4. The highest BCUT2D eigenvalue weighted by atomic mass is 15.4. The van der Waals surface area contributed by atoms with Gasteiger partial charge in [-0.05, 0) is 19.4 Å². The first kappa shape index (κ1) is 12.5. The summed E-state index contributed by atoms with van der Waals surface area (Å²) in [4.78, 5) is 7.63. The fraction of sp³-hybridized carbons (Fsp3) is 0.286. The average molecular weight is 268 g/mol. The Kier molecular flexibility index (Phi) is 3.28. The summed E-state index contributed by atoms with van der Waals surface area (Å²) >= 11 is 0. The van der Waals surface area contributed by atoms with Gasteiger partial charge in [0.05, 0.1) is 0 Å². The van der Waals surface area contributed by atoms with Gasteiger partial charge in [-0.2, -0.15) is 10.1 Å². The topological polar surface area (TPSA) is 78.8 Å². The molecule has 2 heterocycles.